The van der Waals surface area contributed by atoms with E-state index in [1.807, 2.05) is 0 Å². The monoisotopic (exact) mass is 145 g/mol. The highest BCUT2D eigenvalue weighted by atomic mass is 16.5. The van der Waals surface area contributed by atoms with E-state index in [0.717, 1.165) is 0 Å². The Morgan fingerprint density at radius 2 is 2.00 bits per heavy atom. The number of aliphatic hydroxyl groups is 2. The molecule has 4 N–H and O–H groups in total. The second-order valence-corrected chi connectivity index (χ2v) is 1.79. The lowest BCUT2D eigenvalue weighted by molar-refractivity contribution is 0.0538. The predicted octanol–water partition coefficient (Wildman–Crippen LogP) is 0.431. The number of ether oxygens (including phenoxy) is 1. The van der Waals surface area contributed by atoms with Gasteiger partial charge in [-0.3, -0.25) is 5.73 Å². The molecule has 0 aliphatic heterocycles. The second kappa shape index (κ2) is 3.92. The van der Waals surface area contributed by atoms with E-state index in [0.29, 0.717) is 0 Å². The van der Waals surface area contributed by atoms with Crippen LogP contribution in [0.1, 0.15) is 0 Å². The van der Waals surface area contributed by atoms with Gasteiger partial charge in [0.05, 0.1) is 0 Å². The van der Waals surface area contributed by atoms with E-state index in [1.165, 1.54) is 0 Å². The Morgan fingerprint density at radius 3 is 2.30 bits per heavy atom. The van der Waals surface area contributed by atoms with Crippen molar-refractivity contribution in [1.29, 1.82) is 0 Å². The molecule has 0 heterocycles. The Labute approximate surface area is 59.2 Å². The zero-order chi connectivity index (χ0) is 8.15. The maximum absolute atomic E-state index is 8.58. The summed E-state index contributed by atoms with van der Waals surface area (Å²) in [5.41, 5.74) is 5.14. The summed E-state index contributed by atoms with van der Waals surface area (Å²) in [6.07, 6.45) is -0.955. The second-order valence-electron chi connectivity index (χ2n) is 1.79. The maximum atomic E-state index is 8.58. The molecule has 0 fully saturated rings. The molecule has 0 saturated heterocycles. The van der Waals surface area contributed by atoms with Gasteiger partial charge in [-0.05, 0) is 0 Å². The molecule has 4 heteroatoms. The van der Waals surface area contributed by atoms with E-state index in [9.17, 15) is 0 Å². The molecule has 4 nitrogen and oxygen atoms in total. The van der Waals surface area contributed by atoms with Gasteiger partial charge in [-0.25, -0.2) is 0 Å². The fourth-order valence-corrected chi connectivity index (χ4v) is 0.282. The average molecular weight is 145 g/mol. The minimum absolute atomic E-state index is 0.0965. The van der Waals surface area contributed by atoms with Crippen LogP contribution < -0.4 is 5.73 Å². The molecule has 0 radical (unpaired) electrons. The third-order valence-electron chi connectivity index (χ3n) is 0.758. The van der Waals surface area contributed by atoms with Crippen LogP contribution in [0, 0.1) is 0 Å². The van der Waals surface area contributed by atoms with E-state index in [4.69, 9.17) is 15.9 Å². The first-order chi connectivity index (χ1) is 4.54. The fraction of sp³-hybridized carbons (Fsp3) is 0.333. The van der Waals surface area contributed by atoms with Crippen molar-refractivity contribution < 1.29 is 14.9 Å². The molecule has 0 aromatic rings. The van der Waals surface area contributed by atoms with Crippen molar-refractivity contribution in [3.8, 4) is 0 Å². The average Bonchev–Trinajstić information content (AvgIpc) is 1.82. The summed E-state index contributed by atoms with van der Waals surface area (Å²) < 4.78 is 4.64. The lowest BCUT2D eigenvalue weighted by atomic mass is 10.5. The maximum Gasteiger partial charge on any atom is 0.163 e. The molecule has 0 saturated carbocycles. The summed E-state index contributed by atoms with van der Waals surface area (Å²) in [6.45, 7) is 6.18. The van der Waals surface area contributed by atoms with E-state index in [-0.39, 0.29) is 18.1 Å². The van der Waals surface area contributed by atoms with Crippen LogP contribution in [0.5, 0.6) is 0 Å². The highest BCUT2D eigenvalue weighted by molar-refractivity contribution is 4.87. The molecule has 0 spiro atoms. The van der Waals surface area contributed by atoms with E-state index in [2.05, 4.69) is 17.9 Å². The largest absolute Gasteiger partial charge is 0.510 e. The minimum atomic E-state index is -0.955. The first kappa shape index (κ1) is 9.00. The van der Waals surface area contributed by atoms with Crippen molar-refractivity contribution in [1.82, 2.24) is 0 Å². The van der Waals surface area contributed by atoms with Crippen molar-refractivity contribution in [3.05, 3.63) is 24.7 Å². The number of aliphatic hydroxyl groups excluding tert-OH is 2. The number of hydrogen-bond acceptors (Lipinski definition) is 4. The Hall–Kier alpha value is -1.00. The molecular weight excluding hydrogens is 134 g/mol. The van der Waals surface area contributed by atoms with Gasteiger partial charge in [-0.2, -0.15) is 0 Å². The van der Waals surface area contributed by atoms with Crippen molar-refractivity contribution in [2.45, 2.75) is 6.23 Å². The number of hydrogen-bond donors (Lipinski definition) is 3. The summed E-state index contributed by atoms with van der Waals surface area (Å²) in [5.74, 6) is -0.419. The smallest absolute Gasteiger partial charge is 0.163 e. The molecular formula is C6H11NO3. The molecule has 0 bridgehead atoms. The fourth-order valence-electron chi connectivity index (χ4n) is 0.282. The molecule has 1 unspecified atom stereocenters. The molecule has 0 rings (SSSR count). The minimum Gasteiger partial charge on any atom is -0.510 e. The molecule has 58 valence electrons. The Balaban J connectivity index is 3.49. The predicted molar refractivity (Wildman–Crippen MR) is 37.5 cm³/mol. The van der Waals surface area contributed by atoms with Crippen molar-refractivity contribution in [2.75, 3.05) is 6.61 Å². The van der Waals surface area contributed by atoms with E-state index >= 15 is 0 Å². The van der Waals surface area contributed by atoms with Gasteiger partial charge in [-0.1, -0.05) is 13.2 Å². The standard InChI is InChI=1S/C6H11NO3/c1-4(8)3-10-6(7)5(2)9/h6,8-9H,1-3,7H2. The zero-order valence-electron chi connectivity index (χ0n) is 5.58. The summed E-state index contributed by atoms with van der Waals surface area (Å²) in [5, 5.41) is 17.1. The highest BCUT2D eigenvalue weighted by Gasteiger charge is 2.04. The van der Waals surface area contributed by atoms with E-state index < -0.39 is 6.23 Å². The van der Waals surface area contributed by atoms with Crippen LogP contribution in [0.4, 0.5) is 0 Å². The summed E-state index contributed by atoms with van der Waals surface area (Å²) in [4.78, 5) is 0. The van der Waals surface area contributed by atoms with Gasteiger partial charge >= 0.3 is 0 Å². The first-order valence-corrected chi connectivity index (χ1v) is 2.65. The molecule has 0 amide bonds. The number of rotatable bonds is 4. The van der Waals surface area contributed by atoms with Gasteiger partial charge < -0.3 is 14.9 Å². The number of nitrogens with two attached hydrogens (primary N) is 1. The van der Waals surface area contributed by atoms with Gasteiger partial charge in [0.2, 0.25) is 0 Å². The van der Waals surface area contributed by atoms with Crippen LogP contribution in [0.2, 0.25) is 0 Å². The van der Waals surface area contributed by atoms with Crippen LogP contribution in [-0.4, -0.2) is 23.0 Å². The quantitative estimate of drug-likeness (QED) is 0.396. The summed E-state index contributed by atoms with van der Waals surface area (Å²) in [7, 11) is 0. The first-order valence-electron chi connectivity index (χ1n) is 2.65. The molecule has 0 aromatic heterocycles. The topological polar surface area (TPSA) is 75.7 Å². The van der Waals surface area contributed by atoms with Crippen LogP contribution in [0.3, 0.4) is 0 Å². The van der Waals surface area contributed by atoms with E-state index in [1.54, 1.807) is 0 Å². The van der Waals surface area contributed by atoms with Crippen LogP contribution >= 0.6 is 0 Å². The Bertz CT molecular complexity index is 144. The summed E-state index contributed by atoms with van der Waals surface area (Å²) in [6, 6.07) is 0. The Kier molecular flexibility index (Phi) is 3.53. The molecule has 0 aliphatic carbocycles. The normalized spacial score (nSPS) is 12.5. The van der Waals surface area contributed by atoms with Gasteiger partial charge in [0.15, 0.2) is 6.23 Å². The van der Waals surface area contributed by atoms with Crippen LogP contribution in [-0.2, 0) is 4.74 Å². The van der Waals surface area contributed by atoms with Gasteiger partial charge in [0, 0.05) is 0 Å². The Morgan fingerprint density at radius 1 is 1.50 bits per heavy atom. The molecule has 0 aromatic carbocycles. The zero-order valence-corrected chi connectivity index (χ0v) is 5.58. The third-order valence-corrected chi connectivity index (χ3v) is 0.758. The van der Waals surface area contributed by atoms with Crippen LogP contribution in [0.15, 0.2) is 24.7 Å². The lowest BCUT2D eigenvalue weighted by Crippen LogP contribution is -2.26. The SMILES string of the molecule is C=C(O)COC(N)C(=C)O. The van der Waals surface area contributed by atoms with Crippen LogP contribution in [0.25, 0.3) is 0 Å². The molecule has 10 heavy (non-hydrogen) atoms. The van der Waals surface area contributed by atoms with Gasteiger partial charge in [0.25, 0.3) is 0 Å². The summed E-state index contributed by atoms with van der Waals surface area (Å²) >= 11 is 0. The molecule has 0 aliphatic rings. The van der Waals surface area contributed by atoms with Crippen molar-refractivity contribution in [2.24, 2.45) is 5.73 Å². The van der Waals surface area contributed by atoms with Gasteiger partial charge in [0.1, 0.15) is 18.1 Å². The lowest BCUT2D eigenvalue weighted by Gasteiger charge is -2.09. The highest BCUT2D eigenvalue weighted by Crippen LogP contribution is 1.94. The third kappa shape index (κ3) is 3.94. The van der Waals surface area contributed by atoms with Gasteiger partial charge in [-0.15, -0.1) is 0 Å². The van der Waals surface area contributed by atoms with Crippen molar-refractivity contribution in [3.63, 3.8) is 0 Å². The molecule has 1 atom stereocenters. The van der Waals surface area contributed by atoms with Crippen molar-refractivity contribution >= 4 is 0 Å².